The molecule has 1 saturated heterocycles. The molecule has 168 valence electrons. The Morgan fingerprint density at radius 1 is 1.20 bits per heavy atom. The van der Waals surface area contributed by atoms with Crippen molar-refractivity contribution in [2.75, 3.05) is 0 Å². The highest BCUT2D eigenvalue weighted by Gasteiger charge is 2.63. The predicted octanol–water partition coefficient (Wildman–Crippen LogP) is 3.72. The Morgan fingerprint density at radius 2 is 1.83 bits per heavy atom. The quantitative estimate of drug-likeness (QED) is 0.426. The van der Waals surface area contributed by atoms with E-state index in [1.165, 1.54) is 13.8 Å². The van der Waals surface area contributed by atoms with Gasteiger partial charge < -0.3 is 19.3 Å². The van der Waals surface area contributed by atoms with E-state index in [1.54, 1.807) is 0 Å². The molecule has 0 spiro atoms. The van der Waals surface area contributed by atoms with Crippen LogP contribution in [0.1, 0.15) is 67.2 Å². The van der Waals surface area contributed by atoms with E-state index in [4.69, 9.17) is 14.2 Å². The molecule has 3 rings (SSSR count). The van der Waals surface area contributed by atoms with Gasteiger partial charge in [0.15, 0.2) is 0 Å². The van der Waals surface area contributed by atoms with E-state index in [-0.39, 0.29) is 35.5 Å². The second-order valence-electron chi connectivity index (χ2n) is 9.95. The van der Waals surface area contributed by atoms with Gasteiger partial charge in [-0.15, -0.1) is 0 Å². The van der Waals surface area contributed by atoms with Crippen molar-refractivity contribution in [2.45, 2.75) is 97.2 Å². The van der Waals surface area contributed by atoms with E-state index in [0.29, 0.717) is 12.8 Å². The fourth-order valence-corrected chi connectivity index (χ4v) is 5.79. The monoisotopic (exact) mass is 420 g/mol. The lowest BCUT2D eigenvalue weighted by Gasteiger charge is -2.43. The summed E-state index contributed by atoms with van der Waals surface area (Å²) >= 11 is 0. The Hall–Kier alpha value is -1.66. The fourth-order valence-electron chi connectivity index (χ4n) is 5.79. The maximum atomic E-state index is 12.1. The lowest BCUT2D eigenvalue weighted by atomic mass is 9.66. The largest absolute Gasteiger partial charge is 0.462 e. The number of aliphatic hydroxyl groups is 1. The Bertz CT molecular complexity index is 757. The van der Waals surface area contributed by atoms with Crippen molar-refractivity contribution in [3.63, 3.8) is 0 Å². The lowest BCUT2D eigenvalue weighted by molar-refractivity contribution is -0.168. The number of ether oxygens (including phenoxy) is 3. The number of carbonyl (C=O) groups excluding carboxylic acids is 2. The predicted molar refractivity (Wildman–Crippen MR) is 113 cm³/mol. The summed E-state index contributed by atoms with van der Waals surface area (Å²) in [7, 11) is 0. The molecule has 2 aliphatic carbocycles. The van der Waals surface area contributed by atoms with Crippen LogP contribution in [0.3, 0.4) is 0 Å². The molecule has 6 heteroatoms. The smallest absolute Gasteiger partial charge is 0.302 e. The van der Waals surface area contributed by atoms with Crippen LogP contribution >= 0.6 is 0 Å². The van der Waals surface area contributed by atoms with Gasteiger partial charge in [-0.05, 0) is 46.0 Å². The molecule has 0 aromatic heterocycles. The number of hydrogen-bond donors (Lipinski definition) is 1. The zero-order valence-corrected chi connectivity index (χ0v) is 19.1. The Kier molecular flexibility index (Phi) is 6.23. The molecule has 0 amide bonds. The van der Waals surface area contributed by atoms with Gasteiger partial charge in [-0.2, -0.15) is 0 Å². The first kappa shape index (κ1) is 23.0. The van der Waals surface area contributed by atoms with Crippen molar-refractivity contribution in [3.8, 4) is 0 Å². The first-order chi connectivity index (χ1) is 13.9. The molecule has 1 N–H and O–H groups in total. The second-order valence-corrected chi connectivity index (χ2v) is 9.95. The molecule has 0 aromatic carbocycles. The number of aliphatic hydroxyl groups excluding tert-OH is 1. The minimum Gasteiger partial charge on any atom is -0.462 e. The van der Waals surface area contributed by atoms with Gasteiger partial charge in [0.2, 0.25) is 0 Å². The number of hydrogen-bond acceptors (Lipinski definition) is 6. The molecule has 0 radical (unpaired) electrons. The van der Waals surface area contributed by atoms with Gasteiger partial charge in [-0.1, -0.05) is 30.7 Å². The summed E-state index contributed by atoms with van der Waals surface area (Å²) in [4.78, 5) is 24.0. The van der Waals surface area contributed by atoms with Crippen LogP contribution in [0.2, 0.25) is 0 Å². The molecule has 3 aliphatic rings. The maximum Gasteiger partial charge on any atom is 0.302 e. The van der Waals surface area contributed by atoms with Crippen LogP contribution in [0.4, 0.5) is 0 Å². The summed E-state index contributed by atoms with van der Waals surface area (Å²) in [6, 6.07) is 0. The van der Waals surface area contributed by atoms with Crippen molar-refractivity contribution in [2.24, 2.45) is 17.3 Å². The van der Waals surface area contributed by atoms with Crippen LogP contribution in [0.25, 0.3) is 0 Å². The Morgan fingerprint density at radius 3 is 2.40 bits per heavy atom. The SMILES string of the molecule is C=C(C)C1CC(OC(C)=O)C2(C)C(O)C=C(C)CCC3OC3(C)CC(OC(C)=O)C12. The zero-order chi connectivity index (χ0) is 22.4. The second kappa shape index (κ2) is 8.12. The van der Waals surface area contributed by atoms with Gasteiger partial charge >= 0.3 is 11.9 Å². The number of esters is 2. The van der Waals surface area contributed by atoms with Crippen LogP contribution in [-0.2, 0) is 23.8 Å². The molecular weight excluding hydrogens is 384 g/mol. The Balaban J connectivity index is 2.14. The normalized spacial score (nSPS) is 43.4. The van der Waals surface area contributed by atoms with Gasteiger partial charge in [-0.25, -0.2) is 0 Å². The van der Waals surface area contributed by atoms with Crippen molar-refractivity contribution in [1.82, 2.24) is 0 Å². The number of epoxide rings is 1. The summed E-state index contributed by atoms with van der Waals surface area (Å²) in [5, 5.41) is 11.4. The molecule has 0 bridgehead atoms. The van der Waals surface area contributed by atoms with E-state index in [2.05, 4.69) is 13.5 Å². The van der Waals surface area contributed by atoms with Crippen molar-refractivity contribution in [3.05, 3.63) is 23.8 Å². The highest BCUT2D eigenvalue weighted by atomic mass is 16.6. The van der Waals surface area contributed by atoms with Crippen molar-refractivity contribution in [1.29, 1.82) is 0 Å². The van der Waals surface area contributed by atoms with Gasteiger partial charge in [0.25, 0.3) is 0 Å². The molecule has 30 heavy (non-hydrogen) atoms. The van der Waals surface area contributed by atoms with E-state index in [9.17, 15) is 14.7 Å². The van der Waals surface area contributed by atoms with Crippen LogP contribution in [0.15, 0.2) is 23.8 Å². The maximum absolute atomic E-state index is 12.1. The summed E-state index contributed by atoms with van der Waals surface area (Å²) in [5.41, 5.74) is 0.808. The number of rotatable bonds is 3. The molecule has 2 fully saturated rings. The summed E-state index contributed by atoms with van der Waals surface area (Å²) in [5.74, 6) is -1.07. The minimum absolute atomic E-state index is 0.0615. The molecule has 8 atom stereocenters. The lowest BCUT2D eigenvalue weighted by Crippen LogP contribution is -2.50. The van der Waals surface area contributed by atoms with E-state index >= 15 is 0 Å². The van der Waals surface area contributed by atoms with Crippen molar-refractivity contribution >= 4 is 11.9 Å². The number of fused-ring (bicyclic) bond motifs is 2. The van der Waals surface area contributed by atoms with Gasteiger partial charge in [0, 0.05) is 31.6 Å². The zero-order valence-electron chi connectivity index (χ0n) is 19.1. The van der Waals surface area contributed by atoms with E-state index < -0.39 is 23.7 Å². The first-order valence-corrected chi connectivity index (χ1v) is 10.9. The van der Waals surface area contributed by atoms with Gasteiger partial charge in [0.05, 0.1) is 17.8 Å². The number of carbonyl (C=O) groups is 2. The molecule has 1 saturated carbocycles. The van der Waals surface area contributed by atoms with E-state index in [0.717, 1.165) is 24.0 Å². The standard InChI is InChI=1S/C24H36O6/c1-13(2)17-11-21(29-16(5)26)24(7)19(27)10-14(3)8-9-20-23(6,30-20)12-18(22(17)24)28-15(4)25/h10,17-22,27H,1,8-9,11-12H2,2-7H3. The topological polar surface area (TPSA) is 85.4 Å². The van der Waals surface area contributed by atoms with Crippen LogP contribution in [-0.4, -0.2) is 47.1 Å². The van der Waals surface area contributed by atoms with E-state index in [1.807, 2.05) is 26.8 Å². The summed E-state index contributed by atoms with van der Waals surface area (Å²) in [6.07, 6.45) is 2.90. The average Bonchev–Trinajstić information content (AvgIpc) is 3.14. The minimum atomic E-state index is -0.850. The molecular formula is C24H36O6. The summed E-state index contributed by atoms with van der Waals surface area (Å²) in [6.45, 7) is 14.9. The Labute approximate surface area is 179 Å². The summed E-state index contributed by atoms with van der Waals surface area (Å²) < 4.78 is 17.7. The molecule has 0 aromatic rings. The first-order valence-electron chi connectivity index (χ1n) is 10.9. The number of allylic oxidation sites excluding steroid dienone is 2. The van der Waals surface area contributed by atoms with Crippen LogP contribution < -0.4 is 0 Å². The molecule has 6 nitrogen and oxygen atoms in total. The van der Waals surface area contributed by atoms with Gasteiger partial charge in [-0.3, -0.25) is 9.59 Å². The molecule has 1 aliphatic heterocycles. The third kappa shape index (κ3) is 4.22. The third-order valence-electron chi connectivity index (χ3n) is 7.49. The highest BCUT2D eigenvalue weighted by molar-refractivity contribution is 5.67. The highest BCUT2D eigenvalue weighted by Crippen LogP contribution is 2.58. The molecule has 8 unspecified atom stereocenters. The van der Waals surface area contributed by atoms with Crippen LogP contribution in [0.5, 0.6) is 0 Å². The average molecular weight is 421 g/mol. The third-order valence-corrected chi connectivity index (χ3v) is 7.49. The fraction of sp³-hybridized carbons (Fsp3) is 0.750. The molecule has 1 heterocycles. The van der Waals surface area contributed by atoms with Crippen LogP contribution in [0, 0.1) is 17.3 Å². The van der Waals surface area contributed by atoms with Gasteiger partial charge in [0.1, 0.15) is 12.2 Å². The van der Waals surface area contributed by atoms with Crippen molar-refractivity contribution < 1.29 is 28.9 Å².